The van der Waals surface area contributed by atoms with Gasteiger partial charge in [-0.05, 0) is 17.7 Å². The number of halogens is 3. The molecular formula is C10H9F3N2. The van der Waals surface area contributed by atoms with Crippen molar-refractivity contribution in [2.24, 2.45) is 5.84 Å². The van der Waals surface area contributed by atoms with Gasteiger partial charge in [-0.25, -0.2) is 13.2 Å². The van der Waals surface area contributed by atoms with Gasteiger partial charge in [-0.2, -0.15) is 0 Å². The van der Waals surface area contributed by atoms with Gasteiger partial charge in [0.15, 0.2) is 17.5 Å². The van der Waals surface area contributed by atoms with Crippen LogP contribution in [0.15, 0.2) is 12.1 Å². The molecule has 3 N–H and O–H groups in total. The van der Waals surface area contributed by atoms with Crippen LogP contribution in [0.2, 0.25) is 0 Å². The lowest BCUT2D eigenvalue weighted by atomic mass is 10.0. The van der Waals surface area contributed by atoms with Crippen molar-refractivity contribution in [1.29, 1.82) is 0 Å². The summed E-state index contributed by atoms with van der Waals surface area (Å²) >= 11 is 0. The number of hydrogen-bond donors (Lipinski definition) is 2. The van der Waals surface area contributed by atoms with Gasteiger partial charge in [-0.1, -0.05) is 0 Å². The summed E-state index contributed by atoms with van der Waals surface area (Å²) in [4.78, 5) is 0. The van der Waals surface area contributed by atoms with Gasteiger partial charge in [-0.3, -0.25) is 11.3 Å². The SMILES string of the molecule is C#CCC(NN)c1cc(F)c(F)c(F)c1. The van der Waals surface area contributed by atoms with E-state index >= 15 is 0 Å². The van der Waals surface area contributed by atoms with Gasteiger partial charge in [-0.15, -0.1) is 12.3 Å². The molecule has 0 aliphatic carbocycles. The lowest BCUT2D eigenvalue weighted by molar-refractivity contribution is 0.440. The fourth-order valence-corrected chi connectivity index (χ4v) is 1.17. The molecule has 0 saturated carbocycles. The Kier molecular flexibility index (Phi) is 3.72. The molecule has 0 spiro atoms. The predicted molar refractivity (Wildman–Crippen MR) is 49.8 cm³/mol. The number of nitrogens with two attached hydrogens (primary N) is 1. The van der Waals surface area contributed by atoms with Crippen LogP contribution >= 0.6 is 0 Å². The molecule has 0 radical (unpaired) electrons. The Bertz CT molecular complexity index is 375. The first-order chi connectivity index (χ1) is 7.10. The molecule has 1 aromatic carbocycles. The Labute approximate surface area is 85.2 Å². The van der Waals surface area contributed by atoms with Crippen molar-refractivity contribution in [1.82, 2.24) is 5.43 Å². The molecule has 0 heterocycles. The molecule has 1 aromatic rings. The van der Waals surface area contributed by atoms with Gasteiger partial charge in [0.1, 0.15) is 0 Å². The van der Waals surface area contributed by atoms with E-state index in [4.69, 9.17) is 12.3 Å². The molecule has 1 atom stereocenters. The molecule has 15 heavy (non-hydrogen) atoms. The predicted octanol–water partition coefficient (Wildman–Crippen LogP) is 1.63. The highest BCUT2D eigenvalue weighted by molar-refractivity contribution is 5.23. The molecular weight excluding hydrogens is 205 g/mol. The minimum Gasteiger partial charge on any atom is -0.271 e. The first-order valence-electron chi connectivity index (χ1n) is 4.14. The fourth-order valence-electron chi connectivity index (χ4n) is 1.17. The molecule has 0 aliphatic rings. The van der Waals surface area contributed by atoms with Gasteiger partial charge in [0.2, 0.25) is 0 Å². The average molecular weight is 214 g/mol. The molecule has 0 aliphatic heterocycles. The summed E-state index contributed by atoms with van der Waals surface area (Å²) in [7, 11) is 0. The topological polar surface area (TPSA) is 38.0 Å². The maximum atomic E-state index is 12.8. The molecule has 0 bridgehead atoms. The van der Waals surface area contributed by atoms with E-state index in [1.807, 2.05) is 0 Å². The summed E-state index contributed by atoms with van der Waals surface area (Å²) in [5.41, 5.74) is 2.47. The van der Waals surface area contributed by atoms with Crippen molar-refractivity contribution in [2.45, 2.75) is 12.5 Å². The highest BCUT2D eigenvalue weighted by Gasteiger charge is 2.15. The van der Waals surface area contributed by atoms with Crippen molar-refractivity contribution >= 4 is 0 Å². The number of hydrogen-bond acceptors (Lipinski definition) is 2. The van der Waals surface area contributed by atoms with E-state index in [0.29, 0.717) is 0 Å². The smallest absolute Gasteiger partial charge is 0.194 e. The van der Waals surface area contributed by atoms with Crippen molar-refractivity contribution in [2.75, 3.05) is 0 Å². The maximum Gasteiger partial charge on any atom is 0.194 e. The lowest BCUT2D eigenvalue weighted by Gasteiger charge is -2.13. The Balaban J connectivity index is 3.10. The van der Waals surface area contributed by atoms with Gasteiger partial charge >= 0.3 is 0 Å². The van der Waals surface area contributed by atoms with E-state index in [1.165, 1.54) is 0 Å². The van der Waals surface area contributed by atoms with E-state index < -0.39 is 23.5 Å². The van der Waals surface area contributed by atoms with Crippen LogP contribution < -0.4 is 11.3 Å². The maximum absolute atomic E-state index is 12.8. The first kappa shape index (κ1) is 11.6. The summed E-state index contributed by atoms with van der Waals surface area (Å²) in [5.74, 6) is 3.41. The second-order valence-electron chi connectivity index (χ2n) is 2.93. The second kappa shape index (κ2) is 4.82. The number of nitrogens with one attached hydrogen (secondary N) is 1. The van der Waals surface area contributed by atoms with Crippen molar-refractivity contribution in [3.05, 3.63) is 35.1 Å². The molecule has 0 amide bonds. The van der Waals surface area contributed by atoms with E-state index in [-0.39, 0.29) is 12.0 Å². The monoisotopic (exact) mass is 214 g/mol. The van der Waals surface area contributed by atoms with Crippen molar-refractivity contribution < 1.29 is 13.2 Å². The minimum atomic E-state index is -1.50. The zero-order valence-corrected chi connectivity index (χ0v) is 7.73. The van der Waals surface area contributed by atoms with Gasteiger partial charge in [0, 0.05) is 6.42 Å². The quantitative estimate of drug-likeness (QED) is 0.347. The molecule has 0 saturated heterocycles. The van der Waals surface area contributed by atoms with Gasteiger partial charge in [0.05, 0.1) is 6.04 Å². The van der Waals surface area contributed by atoms with Crippen LogP contribution in [0.1, 0.15) is 18.0 Å². The van der Waals surface area contributed by atoms with Crippen molar-refractivity contribution in [3.8, 4) is 12.3 Å². The normalized spacial score (nSPS) is 12.2. The molecule has 1 unspecified atom stereocenters. The third-order valence-electron chi connectivity index (χ3n) is 1.93. The highest BCUT2D eigenvalue weighted by atomic mass is 19.2. The number of benzene rings is 1. The molecule has 0 aromatic heterocycles. The molecule has 2 nitrogen and oxygen atoms in total. The standard InChI is InChI=1S/C10H9F3N2/c1-2-3-9(15-14)6-4-7(11)10(13)8(12)5-6/h1,4-5,9,15H,3,14H2. The molecule has 1 rings (SSSR count). The highest BCUT2D eigenvalue weighted by Crippen LogP contribution is 2.20. The van der Waals surface area contributed by atoms with Crippen LogP contribution in [0.4, 0.5) is 13.2 Å². The van der Waals surface area contributed by atoms with Crippen LogP contribution in [-0.4, -0.2) is 0 Å². The Morgan fingerprint density at radius 1 is 1.33 bits per heavy atom. The zero-order valence-electron chi connectivity index (χ0n) is 7.73. The lowest BCUT2D eigenvalue weighted by Crippen LogP contribution is -2.28. The van der Waals surface area contributed by atoms with Crippen LogP contribution in [0.25, 0.3) is 0 Å². The second-order valence-corrected chi connectivity index (χ2v) is 2.93. The zero-order chi connectivity index (χ0) is 11.4. The van der Waals surface area contributed by atoms with Gasteiger partial charge < -0.3 is 0 Å². The summed E-state index contributed by atoms with van der Waals surface area (Å²) in [5, 5.41) is 0. The molecule has 0 fully saturated rings. The third-order valence-corrected chi connectivity index (χ3v) is 1.93. The molecule has 80 valence electrons. The van der Waals surface area contributed by atoms with Crippen LogP contribution in [0, 0.1) is 29.8 Å². The number of rotatable bonds is 3. The van der Waals surface area contributed by atoms with E-state index in [2.05, 4.69) is 11.3 Å². The van der Waals surface area contributed by atoms with Gasteiger partial charge in [0.25, 0.3) is 0 Å². The number of terminal acetylenes is 1. The summed E-state index contributed by atoms with van der Waals surface area (Å²) in [6.45, 7) is 0. The average Bonchev–Trinajstić information content (AvgIpc) is 2.22. The minimum absolute atomic E-state index is 0.154. The summed E-state index contributed by atoms with van der Waals surface area (Å²) in [6.07, 6.45) is 5.19. The van der Waals surface area contributed by atoms with E-state index in [0.717, 1.165) is 12.1 Å². The fraction of sp³-hybridized carbons (Fsp3) is 0.200. The third kappa shape index (κ3) is 2.49. The Hall–Kier alpha value is -1.51. The van der Waals surface area contributed by atoms with Crippen LogP contribution in [0.3, 0.4) is 0 Å². The Morgan fingerprint density at radius 2 is 1.87 bits per heavy atom. The number of hydrazine groups is 1. The van der Waals surface area contributed by atoms with E-state index in [1.54, 1.807) is 0 Å². The first-order valence-corrected chi connectivity index (χ1v) is 4.14. The van der Waals surface area contributed by atoms with Crippen LogP contribution in [-0.2, 0) is 0 Å². The Morgan fingerprint density at radius 3 is 2.27 bits per heavy atom. The van der Waals surface area contributed by atoms with Crippen molar-refractivity contribution in [3.63, 3.8) is 0 Å². The molecule has 5 heteroatoms. The van der Waals surface area contributed by atoms with Crippen LogP contribution in [0.5, 0.6) is 0 Å². The largest absolute Gasteiger partial charge is 0.271 e. The summed E-state index contributed by atoms with van der Waals surface area (Å²) < 4.78 is 38.3. The van der Waals surface area contributed by atoms with E-state index in [9.17, 15) is 13.2 Å². The summed E-state index contributed by atoms with van der Waals surface area (Å²) in [6, 6.07) is 1.13.